The monoisotopic (exact) mass is 574 g/mol. The zero-order valence-electron chi connectivity index (χ0n) is 21.8. The number of benzene rings is 3. The van der Waals surface area contributed by atoms with Gasteiger partial charge in [0.1, 0.15) is 5.75 Å². The summed E-state index contributed by atoms with van der Waals surface area (Å²) >= 11 is 6.54. The molecule has 0 bridgehead atoms. The second kappa shape index (κ2) is 10.2. The highest BCUT2D eigenvalue weighted by Gasteiger charge is 2.60. The molecule has 8 nitrogen and oxygen atoms in total. The summed E-state index contributed by atoms with van der Waals surface area (Å²) in [6.45, 7) is 2.17. The highest BCUT2D eigenvalue weighted by atomic mass is 35.5. The minimum Gasteiger partial charge on any atom is -0.496 e. The summed E-state index contributed by atoms with van der Waals surface area (Å²) in [6.07, 6.45) is 3.55. The number of rotatable bonds is 6. The van der Waals surface area contributed by atoms with Gasteiger partial charge in [0.05, 0.1) is 29.6 Å². The first-order valence-electron chi connectivity index (χ1n) is 12.9. The van der Waals surface area contributed by atoms with Crippen molar-refractivity contribution in [1.29, 1.82) is 0 Å². The van der Waals surface area contributed by atoms with E-state index in [1.165, 1.54) is 12.1 Å². The topological polar surface area (TPSA) is 83.1 Å². The molecule has 1 fully saturated rings. The molecule has 2 aliphatic heterocycles. The molecule has 0 radical (unpaired) electrons. The fourth-order valence-electron chi connectivity index (χ4n) is 5.80. The number of para-hydroxylation sites is 1. The average molecular weight is 575 g/mol. The Morgan fingerprint density at radius 2 is 1.60 bits per heavy atom. The maximum absolute atomic E-state index is 14.9. The van der Waals surface area contributed by atoms with Gasteiger partial charge in [0, 0.05) is 48.5 Å². The fourth-order valence-corrected chi connectivity index (χ4v) is 7.46. The molecular weight excluding hydrogens is 548 g/mol. The third-order valence-electron chi connectivity index (χ3n) is 7.60. The summed E-state index contributed by atoms with van der Waals surface area (Å²) in [5.41, 5.74) is 0.840. The van der Waals surface area contributed by atoms with Crippen LogP contribution in [0.2, 0.25) is 5.02 Å². The lowest BCUT2D eigenvalue weighted by Gasteiger charge is -2.45. The average Bonchev–Trinajstić information content (AvgIpc) is 3.26. The first-order valence-corrected chi connectivity index (χ1v) is 14.7. The van der Waals surface area contributed by atoms with Crippen molar-refractivity contribution in [3.05, 3.63) is 113 Å². The standard InChI is InChI=1S/C30H27ClN4O4S/c1-39-28-12-6-5-11-25(28)30(34-18-16-33(17-19-34)23-8-7-15-32-21-23)26-20-22(31)13-14-27(26)35(29(30)36)40(37,38)24-9-3-2-4-10-24/h2-15,20-21H,16-19H2,1H3. The number of pyridine rings is 1. The van der Waals surface area contributed by atoms with Gasteiger partial charge in [0.2, 0.25) is 0 Å². The number of fused-ring (bicyclic) bond motifs is 1. The van der Waals surface area contributed by atoms with E-state index in [4.69, 9.17) is 16.3 Å². The number of halogens is 1. The van der Waals surface area contributed by atoms with Crippen LogP contribution in [0.1, 0.15) is 11.1 Å². The molecule has 3 aromatic carbocycles. The number of sulfonamides is 1. The number of piperazine rings is 1. The molecule has 3 heterocycles. The number of anilines is 2. The van der Waals surface area contributed by atoms with Crippen molar-refractivity contribution in [2.24, 2.45) is 0 Å². The van der Waals surface area contributed by atoms with Crippen LogP contribution >= 0.6 is 11.6 Å². The van der Waals surface area contributed by atoms with Gasteiger partial charge >= 0.3 is 0 Å². The lowest BCUT2D eigenvalue weighted by molar-refractivity contribution is -0.127. The maximum Gasteiger partial charge on any atom is 0.271 e. The van der Waals surface area contributed by atoms with Crippen molar-refractivity contribution in [3.63, 3.8) is 0 Å². The number of nitrogens with zero attached hydrogens (tertiary/aromatic N) is 4. The lowest BCUT2D eigenvalue weighted by Crippen LogP contribution is -2.60. The van der Waals surface area contributed by atoms with Crippen LogP contribution in [-0.2, 0) is 20.4 Å². The Hall–Kier alpha value is -3.92. The largest absolute Gasteiger partial charge is 0.496 e. The second-order valence-electron chi connectivity index (χ2n) is 9.65. The van der Waals surface area contributed by atoms with Crippen molar-refractivity contribution < 1.29 is 17.9 Å². The first kappa shape index (κ1) is 26.3. The van der Waals surface area contributed by atoms with E-state index in [1.54, 1.807) is 55.8 Å². The van der Waals surface area contributed by atoms with Crippen molar-refractivity contribution in [1.82, 2.24) is 9.88 Å². The number of ether oxygens (including phenoxy) is 1. The van der Waals surface area contributed by atoms with Crippen LogP contribution in [-0.4, -0.2) is 57.5 Å². The van der Waals surface area contributed by atoms with Gasteiger partial charge in [-0.25, -0.2) is 12.7 Å². The fraction of sp³-hybridized carbons (Fsp3) is 0.200. The molecule has 40 heavy (non-hydrogen) atoms. The van der Waals surface area contributed by atoms with Crippen LogP contribution in [0.15, 0.2) is 102 Å². The number of methoxy groups -OCH3 is 1. The van der Waals surface area contributed by atoms with Crippen molar-refractivity contribution in [2.45, 2.75) is 10.4 Å². The van der Waals surface area contributed by atoms with Crippen molar-refractivity contribution in [3.8, 4) is 5.75 Å². The third kappa shape index (κ3) is 4.04. The summed E-state index contributed by atoms with van der Waals surface area (Å²) < 4.78 is 34.9. The Bertz CT molecular complexity index is 1660. The number of carbonyl (C=O) groups is 1. The third-order valence-corrected chi connectivity index (χ3v) is 9.55. The quantitative estimate of drug-likeness (QED) is 0.334. The number of amides is 1. The van der Waals surface area contributed by atoms with E-state index >= 15 is 0 Å². The van der Waals surface area contributed by atoms with E-state index in [9.17, 15) is 13.2 Å². The van der Waals surface area contributed by atoms with Gasteiger partial charge in [-0.05, 0) is 48.5 Å². The van der Waals surface area contributed by atoms with E-state index in [-0.39, 0.29) is 10.6 Å². The summed E-state index contributed by atoms with van der Waals surface area (Å²) in [5.74, 6) is -0.108. The van der Waals surface area contributed by atoms with Gasteiger partial charge in [0.15, 0.2) is 5.54 Å². The lowest BCUT2D eigenvalue weighted by atomic mass is 9.81. The van der Waals surface area contributed by atoms with Crippen LogP contribution < -0.4 is 13.9 Å². The highest BCUT2D eigenvalue weighted by Crippen LogP contribution is 2.53. The predicted octanol–water partition coefficient (Wildman–Crippen LogP) is 4.54. The molecule has 204 valence electrons. The minimum absolute atomic E-state index is 0.0291. The van der Waals surface area contributed by atoms with E-state index in [1.807, 2.05) is 36.5 Å². The normalized spacial score (nSPS) is 19.5. The molecular formula is C30H27ClN4O4S. The number of hydrogen-bond donors (Lipinski definition) is 0. The molecule has 4 aromatic rings. The SMILES string of the molecule is COc1ccccc1C1(N2CCN(c3cccnc3)CC2)C(=O)N(S(=O)(=O)c2ccccc2)c2ccc(Cl)cc21. The van der Waals surface area contributed by atoms with Crippen LogP contribution in [0.25, 0.3) is 0 Å². The Labute approximate surface area is 238 Å². The highest BCUT2D eigenvalue weighted by molar-refractivity contribution is 7.93. The minimum atomic E-state index is -4.25. The summed E-state index contributed by atoms with van der Waals surface area (Å²) in [5, 5.41) is 0.402. The zero-order chi connectivity index (χ0) is 27.9. The first-order chi connectivity index (χ1) is 19.4. The van der Waals surface area contributed by atoms with Gasteiger partial charge in [-0.15, -0.1) is 0 Å². The van der Waals surface area contributed by atoms with E-state index in [2.05, 4.69) is 14.8 Å². The molecule has 0 N–H and O–H groups in total. The molecule has 1 unspecified atom stereocenters. The van der Waals surface area contributed by atoms with Crippen LogP contribution in [0.4, 0.5) is 11.4 Å². The van der Waals surface area contributed by atoms with E-state index in [0.717, 1.165) is 9.99 Å². The molecule has 2 aliphatic rings. The molecule has 10 heteroatoms. The smallest absolute Gasteiger partial charge is 0.271 e. The summed E-state index contributed by atoms with van der Waals surface area (Å²) in [7, 11) is -2.71. The Morgan fingerprint density at radius 1 is 0.875 bits per heavy atom. The molecule has 1 aromatic heterocycles. The van der Waals surface area contributed by atoms with Crippen LogP contribution in [0.3, 0.4) is 0 Å². The molecule has 0 saturated carbocycles. The Balaban J connectivity index is 1.55. The van der Waals surface area contributed by atoms with Gasteiger partial charge in [-0.2, -0.15) is 0 Å². The predicted molar refractivity (Wildman–Crippen MR) is 154 cm³/mol. The van der Waals surface area contributed by atoms with Gasteiger partial charge in [-0.3, -0.25) is 14.7 Å². The summed E-state index contributed by atoms with van der Waals surface area (Å²) in [4.78, 5) is 23.4. The van der Waals surface area contributed by atoms with Crippen molar-refractivity contribution >= 4 is 38.9 Å². The number of aromatic nitrogens is 1. The molecule has 1 saturated heterocycles. The molecule has 1 amide bonds. The van der Waals surface area contributed by atoms with Crippen molar-refractivity contribution in [2.75, 3.05) is 42.5 Å². The maximum atomic E-state index is 14.9. The van der Waals surface area contributed by atoms with Gasteiger partial charge in [0.25, 0.3) is 15.9 Å². The Morgan fingerprint density at radius 3 is 2.30 bits per heavy atom. The molecule has 0 spiro atoms. The number of carbonyl (C=O) groups excluding carboxylic acids is 1. The number of hydrogen-bond acceptors (Lipinski definition) is 7. The molecule has 1 atom stereocenters. The van der Waals surface area contributed by atoms with Crippen LogP contribution in [0, 0.1) is 0 Å². The van der Waals surface area contributed by atoms with E-state index < -0.39 is 21.5 Å². The van der Waals surface area contributed by atoms with Gasteiger partial charge < -0.3 is 9.64 Å². The van der Waals surface area contributed by atoms with Crippen LogP contribution in [0.5, 0.6) is 5.75 Å². The van der Waals surface area contributed by atoms with E-state index in [0.29, 0.717) is 48.1 Å². The summed E-state index contributed by atoms with van der Waals surface area (Å²) in [6, 6.07) is 24.1. The molecule has 0 aliphatic carbocycles. The second-order valence-corrected chi connectivity index (χ2v) is 11.9. The van der Waals surface area contributed by atoms with Gasteiger partial charge in [-0.1, -0.05) is 48.0 Å². The molecule has 6 rings (SSSR count). The zero-order valence-corrected chi connectivity index (χ0v) is 23.3. The Kier molecular flexibility index (Phi) is 6.74.